The summed E-state index contributed by atoms with van der Waals surface area (Å²) < 4.78 is 0. The van der Waals surface area contributed by atoms with E-state index >= 15 is 0 Å². The molecule has 0 aliphatic heterocycles. The van der Waals surface area contributed by atoms with Gasteiger partial charge in [0.25, 0.3) is 11.8 Å². The van der Waals surface area contributed by atoms with Crippen molar-refractivity contribution in [2.24, 2.45) is 0 Å². The highest BCUT2D eigenvalue weighted by molar-refractivity contribution is 5.97. The third-order valence-electron chi connectivity index (χ3n) is 5.14. The molecule has 0 aliphatic rings. The molecule has 0 aliphatic carbocycles. The molecule has 0 radical (unpaired) electrons. The molecule has 0 fully saturated rings. The van der Waals surface area contributed by atoms with Crippen molar-refractivity contribution in [1.82, 2.24) is 15.7 Å². The summed E-state index contributed by atoms with van der Waals surface area (Å²) >= 11 is 0. The number of hydrogen-bond acceptors (Lipinski definition) is 5. The number of anilines is 1. The van der Waals surface area contributed by atoms with Crippen LogP contribution >= 0.6 is 0 Å². The average Bonchev–Trinajstić information content (AvgIpc) is 2.81. The number of amides is 4. The van der Waals surface area contributed by atoms with Gasteiger partial charge in [-0.15, -0.1) is 0 Å². The summed E-state index contributed by atoms with van der Waals surface area (Å²) in [5.41, 5.74) is 3.78. The molecule has 2 atom stereocenters. The molecule has 9 heteroatoms. The molecule has 0 heterocycles. The fourth-order valence-corrected chi connectivity index (χ4v) is 3.44. The summed E-state index contributed by atoms with van der Waals surface area (Å²) in [6.07, 6.45) is -1.19. The Labute approximate surface area is 205 Å². The van der Waals surface area contributed by atoms with Gasteiger partial charge in [0, 0.05) is 34.5 Å². The Kier molecular flexibility index (Phi) is 9.82. The van der Waals surface area contributed by atoms with Gasteiger partial charge in [0.2, 0.25) is 0 Å². The van der Waals surface area contributed by atoms with E-state index in [1.807, 2.05) is 39.8 Å². The van der Waals surface area contributed by atoms with Gasteiger partial charge in [-0.1, -0.05) is 11.8 Å². The van der Waals surface area contributed by atoms with Crippen LogP contribution in [0.5, 0.6) is 0 Å². The van der Waals surface area contributed by atoms with E-state index in [2.05, 4.69) is 22.5 Å². The summed E-state index contributed by atoms with van der Waals surface area (Å²) in [6.45, 7) is 9.21. The minimum Gasteiger partial charge on any atom is -0.391 e. The Hall–Kier alpha value is -3.87. The largest absolute Gasteiger partial charge is 0.391 e. The van der Waals surface area contributed by atoms with Crippen LogP contribution < -0.4 is 16.1 Å². The minimum absolute atomic E-state index is 0.0808. The van der Waals surface area contributed by atoms with Gasteiger partial charge in [-0.2, -0.15) is 0 Å². The second-order valence-corrected chi connectivity index (χ2v) is 8.60. The van der Waals surface area contributed by atoms with Crippen LogP contribution in [0.15, 0.2) is 48.5 Å². The fraction of sp³-hybridized carbons (Fsp3) is 0.346. The van der Waals surface area contributed by atoms with Crippen molar-refractivity contribution < 1.29 is 24.7 Å². The van der Waals surface area contributed by atoms with E-state index < -0.39 is 24.0 Å². The number of nitrogens with zero attached hydrogens (tertiary/aromatic N) is 1. The number of hydrogen-bond donors (Lipinski definition) is 5. The Morgan fingerprint density at radius 1 is 0.829 bits per heavy atom. The molecular weight excluding hydrogens is 448 g/mol. The highest BCUT2D eigenvalue weighted by Crippen LogP contribution is 2.13. The lowest BCUT2D eigenvalue weighted by atomic mass is 10.1. The fourth-order valence-electron chi connectivity index (χ4n) is 3.44. The third-order valence-corrected chi connectivity index (χ3v) is 5.14. The third kappa shape index (κ3) is 7.84. The van der Waals surface area contributed by atoms with Gasteiger partial charge in [-0.25, -0.2) is 10.3 Å². The first kappa shape index (κ1) is 27.4. The summed E-state index contributed by atoms with van der Waals surface area (Å²) in [5, 5.41) is 23.6. The number of rotatable bonds is 7. The maximum absolute atomic E-state index is 12.5. The van der Waals surface area contributed by atoms with Gasteiger partial charge in [-0.05, 0) is 83.1 Å². The lowest BCUT2D eigenvalue weighted by molar-refractivity contribution is -0.133. The summed E-state index contributed by atoms with van der Waals surface area (Å²) in [4.78, 5) is 38.2. The smallest absolute Gasteiger partial charge is 0.322 e. The van der Waals surface area contributed by atoms with Crippen molar-refractivity contribution in [3.05, 3.63) is 65.2 Å². The normalized spacial score (nSPS) is 12.3. The standard InChI is InChI=1S/C26H32N4O5/c1-16(2)30(17(3)4)26(34)27-22-14-10-20(11-15-22)7-6-19-8-12-21(13-9-19)24(32)28-23(18(5)31)25(33)29-35/h8-18,23,31,35H,1-5H3,(H,27,34)(H,28,32)(H,29,33)/t18-,23+/m1/s1. The van der Waals surface area contributed by atoms with E-state index in [4.69, 9.17) is 5.21 Å². The molecule has 2 rings (SSSR count). The van der Waals surface area contributed by atoms with Crippen LogP contribution in [0.3, 0.4) is 0 Å². The highest BCUT2D eigenvalue weighted by atomic mass is 16.5. The monoisotopic (exact) mass is 480 g/mol. The summed E-state index contributed by atoms with van der Waals surface area (Å²) in [6, 6.07) is 12.3. The molecule has 0 aromatic heterocycles. The van der Waals surface area contributed by atoms with Gasteiger partial charge >= 0.3 is 6.03 Å². The summed E-state index contributed by atoms with van der Waals surface area (Å²) in [7, 11) is 0. The average molecular weight is 481 g/mol. The number of urea groups is 1. The van der Waals surface area contributed by atoms with Crippen LogP contribution in [-0.4, -0.2) is 57.3 Å². The van der Waals surface area contributed by atoms with E-state index in [0.717, 1.165) is 5.56 Å². The van der Waals surface area contributed by atoms with Crippen LogP contribution in [0.4, 0.5) is 10.5 Å². The SMILES string of the molecule is CC(C)N(C(=O)Nc1ccc(C#Cc2ccc(C(=O)N[C@H](C(=O)NO)[C@@H](C)O)cc2)cc1)C(C)C. The van der Waals surface area contributed by atoms with E-state index in [-0.39, 0.29) is 23.7 Å². The van der Waals surface area contributed by atoms with Crippen LogP contribution in [0.1, 0.15) is 56.1 Å². The lowest BCUT2D eigenvalue weighted by Gasteiger charge is -2.30. The molecule has 186 valence electrons. The van der Waals surface area contributed by atoms with Gasteiger partial charge in [0.05, 0.1) is 6.10 Å². The van der Waals surface area contributed by atoms with Crippen LogP contribution in [0, 0.1) is 11.8 Å². The molecule has 0 bridgehead atoms. The maximum atomic E-state index is 12.5. The summed E-state index contributed by atoms with van der Waals surface area (Å²) in [5.74, 6) is 4.54. The van der Waals surface area contributed by atoms with Crippen molar-refractivity contribution in [3.63, 3.8) is 0 Å². The Morgan fingerprint density at radius 2 is 1.31 bits per heavy atom. The first-order valence-corrected chi connectivity index (χ1v) is 11.3. The minimum atomic E-state index is -1.29. The van der Waals surface area contributed by atoms with Crippen molar-refractivity contribution in [2.45, 2.75) is 58.8 Å². The van der Waals surface area contributed by atoms with Crippen molar-refractivity contribution in [1.29, 1.82) is 0 Å². The zero-order valence-electron chi connectivity index (χ0n) is 20.5. The van der Waals surface area contributed by atoms with Crippen LogP contribution in [-0.2, 0) is 4.79 Å². The van der Waals surface area contributed by atoms with Gasteiger partial charge in [0.15, 0.2) is 0 Å². The van der Waals surface area contributed by atoms with Crippen LogP contribution in [0.2, 0.25) is 0 Å². The molecular formula is C26H32N4O5. The quantitative estimate of drug-likeness (QED) is 0.236. The zero-order valence-corrected chi connectivity index (χ0v) is 20.5. The number of aliphatic hydroxyl groups excluding tert-OH is 1. The molecule has 0 unspecified atom stereocenters. The second kappa shape index (κ2) is 12.6. The predicted octanol–water partition coefficient (Wildman–Crippen LogP) is 2.72. The molecule has 0 spiro atoms. The molecule has 5 N–H and O–H groups in total. The number of hydroxylamine groups is 1. The highest BCUT2D eigenvalue weighted by Gasteiger charge is 2.25. The number of benzene rings is 2. The second-order valence-electron chi connectivity index (χ2n) is 8.60. The Balaban J connectivity index is 2.03. The molecule has 4 amide bonds. The molecule has 0 saturated heterocycles. The van der Waals surface area contributed by atoms with E-state index in [0.29, 0.717) is 11.3 Å². The Morgan fingerprint density at radius 3 is 1.74 bits per heavy atom. The first-order chi connectivity index (χ1) is 16.5. The number of carbonyl (C=O) groups excluding carboxylic acids is 3. The number of aliphatic hydroxyl groups is 1. The van der Waals surface area contributed by atoms with Gasteiger partial charge in [-0.3, -0.25) is 14.8 Å². The van der Waals surface area contributed by atoms with Gasteiger partial charge < -0.3 is 20.6 Å². The molecule has 2 aromatic rings. The molecule has 35 heavy (non-hydrogen) atoms. The Bertz CT molecular complexity index is 1080. The topological polar surface area (TPSA) is 131 Å². The van der Waals surface area contributed by atoms with Crippen LogP contribution in [0.25, 0.3) is 0 Å². The predicted molar refractivity (Wildman–Crippen MR) is 133 cm³/mol. The lowest BCUT2D eigenvalue weighted by Crippen LogP contribution is -2.51. The number of carbonyl (C=O) groups is 3. The maximum Gasteiger partial charge on any atom is 0.322 e. The van der Waals surface area contributed by atoms with E-state index in [9.17, 15) is 19.5 Å². The van der Waals surface area contributed by atoms with Gasteiger partial charge in [0.1, 0.15) is 6.04 Å². The van der Waals surface area contributed by atoms with E-state index in [1.54, 1.807) is 41.3 Å². The molecule has 2 aromatic carbocycles. The van der Waals surface area contributed by atoms with Crippen molar-refractivity contribution in [3.8, 4) is 11.8 Å². The van der Waals surface area contributed by atoms with Crippen molar-refractivity contribution >= 4 is 23.5 Å². The zero-order chi connectivity index (χ0) is 26.1. The molecule has 9 nitrogen and oxygen atoms in total. The number of nitrogens with one attached hydrogen (secondary N) is 3. The first-order valence-electron chi connectivity index (χ1n) is 11.3. The van der Waals surface area contributed by atoms with E-state index in [1.165, 1.54) is 12.4 Å². The molecule has 0 saturated carbocycles. The van der Waals surface area contributed by atoms with Crippen molar-refractivity contribution in [2.75, 3.05) is 5.32 Å².